The van der Waals surface area contributed by atoms with Crippen LogP contribution in [0.2, 0.25) is 0 Å². The molecule has 3 rings (SSSR count). The highest BCUT2D eigenvalue weighted by molar-refractivity contribution is 8.00. The molecule has 116 valence electrons. The molecule has 0 aromatic carbocycles. The van der Waals surface area contributed by atoms with Crippen LogP contribution >= 0.6 is 11.8 Å². The van der Waals surface area contributed by atoms with Gasteiger partial charge in [-0.2, -0.15) is 5.10 Å². The number of amides is 1. The average Bonchev–Trinajstić information content (AvgIpc) is 3.09. The Morgan fingerprint density at radius 2 is 2.00 bits per heavy atom. The van der Waals surface area contributed by atoms with E-state index in [1.165, 1.54) is 0 Å². The standard InChI is InChI=1S/C15H19N5OS/c21-15(9-22-14-5-7-16-8-6-14)19-12-1-3-13(4-2-12)20-11-17-10-18-20/h5-8,10-13H,1-4,9H2,(H,19,21). The van der Waals surface area contributed by atoms with Crippen LogP contribution in [-0.2, 0) is 4.79 Å². The lowest BCUT2D eigenvalue weighted by atomic mass is 9.91. The lowest BCUT2D eigenvalue weighted by Crippen LogP contribution is -2.38. The fraction of sp³-hybridized carbons (Fsp3) is 0.467. The van der Waals surface area contributed by atoms with Gasteiger partial charge in [0.2, 0.25) is 5.91 Å². The highest BCUT2D eigenvalue weighted by atomic mass is 32.2. The van der Waals surface area contributed by atoms with E-state index in [2.05, 4.69) is 20.4 Å². The largest absolute Gasteiger partial charge is 0.353 e. The first-order chi connectivity index (χ1) is 10.8. The number of pyridine rings is 1. The summed E-state index contributed by atoms with van der Waals surface area (Å²) in [7, 11) is 0. The number of thioether (sulfide) groups is 1. The molecule has 2 heterocycles. The van der Waals surface area contributed by atoms with Crippen LogP contribution in [-0.4, -0.2) is 37.5 Å². The zero-order chi connectivity index (χ0) is 15.2. The van der Waals surface area contributed by atoms with Gasteiger partial charge >= 0.3 is 0 Å². The molecule has 0 unspecified atom stereocenters. The van der Waals surface area contributed by atoms with Gasteiger partial charge in [-0.1, -0.05) is 0 Å². The first kappa shape index (κ1) is 15.0. The fourth-order valence-electron chi connectivity index (χ4n) is 2.74. The molecule has 0 atom stereocenters. The van der Waals surface area contributed by atoms with Crippen molar-refractivity contribution in [2.45, 2.75) is 42.7 Å². The first-order valence-corrected chi connectivity index (χ1v) is 8.46. The molecule has 7 heteroatoms. The van der Waals surface area contributed by atoms with E-state index in [4.69, 9.17) is 0 Å². The lowest BCUT2D eigenvalue weighted by molar-refractivity contribution is -0.119. The van der Waals surface area contributed by atoms with Gasteiger partial charge in [-0.15, -0.1) is 11.8 Å². The number of nitrogens with one attached hydrogen (secondary N) is 1. The second-order valence-electron chi connectivity index (χ2n) is 5.42. The number of hydrogen-bond donors (Lipinski definition) is 1. The molecule has 0 radical (unpaired) electrons. The zero-order valence-electron chi connectivity index (χ0n) is 12.3. The highest BCUT2D eigenvalue weighted by Gasteiger charge is 2.23. The minimum absolute atomic E-state index is 0.103. The van der Waals surface area contributed by atoms with Gasteiger partial charge in [0.05, 0.1) is 11.8 Å². The van der Waals surface area contributed by atoms with E-state index in [9.17, 15) is 4.79 Å². The summed E-state index contributed by atoms with van der Waals surface area (Å²) in [6.07, 6.45) is 10.9. The van der Waals surface area contributed by atoms with E-state index < -0.39 is 0 Å². The predicted octanol–water partition coefficient (Wildman–Crippen LogP) is 2.07. The second-order valence-corrected chi connectivity index (χ2v) is 6.47. The summed E-state index contributed by atoms with van der Waals surface area (Å²) in [5.74, 6) is 0.554. The molecule has 1 N–H and O–H groups in total. The molecule has 0 aliphatic heterocycles. The molecule has 2 aromatic heterocycles. The van der Waals surface area contributed by atoms with Crippen LogP contribution in [0.15, 0.2) is 42.1 Å². The first-order valence-electron chi connectivity index (χ1n) is 7.47. The van der Waals surface area contributed by atoms with E-state index >= 15 is 0 Å². The molecule has 1 aliphatic carbocycles. The molecule has 1 saturated carbocycles. The summed E-state index contributed by atoms with van der Waals surface area (Å²) < 4.78 is 1.93. The number of carbonyl (C=O) groups excluding carboxylic acids is 1. The van der Waals surface area contributed by atoms with E-state index in [1.54, 1.807) is 36.8 Å². The minimum Gasteiger partial charge on any atom is -0.353 e. The summed E-state index contributed by atoms with van der Waals surface area (Å²) in [4.78, 5) is 21.1. The topological polar surface area (TPSA) is 72.7 Å². The Morgan fingerprint density at radius 3 is 2.68 bits per heavy atom. The Hall–Kier alpha value is -1.89. The van der Waals surface area contributed by atoms with Gasteiger partial charge in [-0.05, 0) is 37.8 Å². The third-order valence-electron chi connectivity index (χ3n) is 3.89. The Bertz CT molecular complexity index is 581. The Kier molecular flexibility index (Phi) is 5.05. The molecule has 22 heavy (non-hydrogen) atoms. The van der Waals surface area contributed by atoms with Crippen LogP contribution in [0.3, 0.4) is 0 Å². The molecule has 1 fully saturated rings. The summed E-state index contributed by atoms with van der Waals surface area (Å²) in [5.41, 5.74) is 0. The molecule has 2 aromatic rings. The molecule has 1 aliphatic rings. The molecule has 0 bridgehead atoms. The zero-order valence-corrected chi connectivity index (χ0v) is 13.1. The maximum atomic E-state index is 12.0. The van der Waals surface area contributed by atoms with Crippen LogP contribution in [0, 0.1) is 0 Å². The summed E-state index contributed by atoms with van der Waals surface area (Å²) in [6, 6.07) is 4.54. The number of aromatic nitrogens is 4. The van der Waals surface area contributed by atoms with E-state index in [0.717, 1.165) is 30.6 Å². The van der Waals surface area contributed by atoms with Crippen molar-refractivity contribution in [3.8, 4) is 0 Å². The quantitative estimate of drug-likeness (QED) is 0.855. The van der Waals surface area contributed by atoms with Crippen molar-refractivity contribution in [2.75, 3.05) is 5.75 Å². The normalized spacial score (nSPS) is 21.5. The average molecular weight is 317 g/mol. The van der Waals surface area contributed by atoms with Gasteiger partial charge in [-0.3, -0.25) is 9.78 Å². The molecule has 0 spiro atoms. The number of nitrogens with zero attached hydrogens (tertiary/aromatic N) is 4. The van der Waals surface area contributed by atoms with Crippen LogP contribution in [0.25, 0.3) is 0 Å². The second kappa shape index (κ2) is 7.40. The van der Waals surface area contributed by atoms with Crippen molar-refractivity contribution in [1.29, 1.82) is 0 Å². The van der Waals surface area contributed by atoms with Crippen LogP contribution in [0.1, 0.15) is 31.7 Å². The van der Waals surface area contributed by atoms with Crippen molar-refractivity contribution in [2.24, 2.45) is 0 Å². The maximum absolute atomic E-state index is 12.0. The van der Waals surface area contributed by atoms with Gasteiger partial charge in [0.15, 0.2) is 0 Å². The minimum atomic E-state index is 0.103. The summed E-state index contributed by atoms with van der Waals surface area (Å²) in [6.45, 7) is 0. The number of hydrogen-bond acceptors (Lipinski definition) is 5. The van der Waals surface area contributed by atoms with Gasteiger partial charge in [0, 0.05) is 23.3 Å². The van der Waals surface area contributed by atoms with Crippen molar-refractivity contribution in [1.82, 2.24) is 25.1 Å². The maximum Gasteiger partial charge on any atom is 0.230 e. The van der Waals surface area contributed by atoms with Crippen LogP contribution < -0.4 is 5.32 Å². The molecule has 6 nitrogen and oxygen atoms in total. The van der Waals surface area contributed by atoms with Gasteiger partial charge in [0.25, 0.3) is 0 Å². The fourth-order valence-corrected chi connectivity index (χ4v) is 3.44. The van der Waals surface area contributed by atoms with Crippen molar-refractivity contribution in [3.05, 3.63) is 37.2 Å². The number of rotatable bonds is 5. The monoisotopic (exact) mass is 317 g/mol. The molecular formula is C15H19N5OS. The van der Waals surface area contributed by atoms with Crippen molar-refractivity contribution >= 4 is 17.7 Å². The Morgan fingerprint density at radius 1 is 1.23 bits per heavy atom. The van der Waals surface area contributed by atoms with E-state index in [-0.39, 0.29) is 11.9 Å². The van der Waals surface area contributed by atoms with Crippen LogP contribution in [0.4, 0.5) is 0 Å². The Balaban J connectivity index is 1.40. The smallest absolute Gasteiger partial charge is 0.230 e. The van der Waals surface area contributed by atoms with E-state index in [1.807, 2.05) is 16.8 Å². The van der Waals surface area contributed by atoms with Crippen molar-refractivity contribution in [3.63, 3.8) is 0 Å². The van der Waals surface area contributed by atoms with Gasteiger partial charge in [0.1, 0.15) is 12.7 Å². The highest BCUT2D eigenvalue weighted by Crippen LogP contribution is 2.27. The molecule has 0 saturated heterocycles. The summed E-state index contributed by atoms with van der Waals surface area (Å²) in [5, 5.41) is 7.33. The van der Waals surface area contributed by atoms with Crippen LogP contribution in [0.5, 0.6) is 0 Å². The summed E-state index contributed by atoms with van der Waals surface area (Å²) >= 11 is 1.54. The third-order valence-corrected chi connectivity index (χ3v) is 4.90. The van der Waals surface area contributed by atoms with Crippen molar-refractivity contribution < 1.29 is 4.79 Å². The van der Waals surface area contributed by atoms with E-state index in [0.29, 0.717) is 11.8 Å². The lowest BCUT2D eigenvalue weighted by Gasteiger charge is -2.28. The molecular weight excluding hydrogens is 298 g/mol. The SMILES string of the molecule is O=C(CSc1ccncc1)NC1CCC(n2cncn2)CC1. The third kappa shape index (κ3) is 4.07. The number of carbonyl (C=O) groups is 1. The molecule has 1 amide bonds. The predicted molar refractivity (Wildman–Crippen MR) is 84.4 cm³/mol. The van der Waals surface area contributed by atoms with Gasteiger partial charge < -0.3 is 5.32 Å². The van der Waals surface area contributed by atoms with Gasteiger partial charge in [-0.25, -0.2) is 9.67 Å². The Labute approximate surface area is 133 Å².